The summed E-state index contributed by atoms with van der Waals surface area (Å²) >= 11 is 0. The van der Waals surface area contributed by atoms with Gasteiger partial charge in [-0.1, -0.05) is 12.1 Å². The summed E-state index contributed by atoms with van der Waals surface area (Å²) in [6.07, 6.45) is 7.49. The van der Waals surface area contributed by atoms with Gasteiger partial charge in [0.15, 0.2) is 0 Å². The Bertz CT molecular complexity index is 665. The molecule has 0 aliphatic heterocycles. The molecule has 98 valence electrons. The third-order valence-corrected chi connectivity index (χ3v) is 4.11. The molecule has 1 aliphatic carbocycles. The van der Waals surface area contributed by atoms with Gasteiger partial charge in [-0.15, -0.1) is 0 Å². The minimum Gasteiger partial charge on any atom is -0.252 e. The van der Waals surface area contributed by atoms with Crippen LogP contribution in [0.15, 0.2) is 24.3 Å². The number of pyridine rings is 1. The molecule has 1 heteroatoms. The van der Waals surface area contributed by atoms with Gasteiger partial charge in [-0.25, -0.2) is 0 Å². The minimum absolute atomic E-state index is 1.13. The molecule has 3 rings (SSSR count). The van der Waals surface area contributed by atoms with E-state index in [0.717, 1.165) is 5.52 Å². The van der Waals surface area contributed by atoms with E-state index in [2.05, 4.69) is 45.0 Å². The summed E-state index contributed by atoms with van der Waals surface area (Å²) in [5, 5.41) is 1.30. The van der Waals surface area contributed by atoms with Gasteiger partial charge in [0.2, 0.25) is 0 Å². The fourth-order valence-corrected chi connectivity index (χ4v) is 3.13. The number of nitrogens with zero attached hydrogens (tertiary/aromatic N) is 1. The van der Waals surface area contributed by atoms with Crippen LogP contribution in [-0.2, 0) is 0 Å². The highest BCUT2D eigenvalue weighted by Crippen LogP contribution is 2.31. The SMILES string of the molecule is Cc1cc(C)c2cc(C3=CCCCC3)c(C)nc2c1. The Morgan fingerprint density at radius 2 is 1.84 bits per heavy atom. The predicted molar refractivity (Wildman–Crippen MR) is 82.4 cm³/mol. The zero-order valence-corrected chi connectivity index (χ0v) is 12.1. The number of allylic oxidation sites excluding steroid dienone is 2. The van der Waals surface area contributed by atoms with E-state index in [0.29, 0.717) is 0 Å². The summed E-state index contributed by atoms with van der Waals surface area (Å²) in [7, 11) is 0. The minimum atomic E-state index is 1.13. The molecular formula is C18H21N. The molecule has 0 spiro atoms. The quantitative estimate of drug-likeness (QED) is 0.685. The lowest BCUT2D eigenvalue weighted by Crippen LogP contribution is -1.98. The van der Waals surface area contributed by atoms with Crippen molar-refractivity contribution >= 4 is 16.5 Å². The zero-order chi connectivity index (χ0) is 13.4. The highest BCUT2D eigenvalue weighted by atomic mass is 14.7. The molecule has 19 heavy (non-hydrogen) atoms. The van der Waals surface area contributed by atoms with Gasteiger partial charge >= 0.3 is 0 Å². The first-order chi connectivity index (χ1) is 9.15. The molecule has 0 radical (unpaired) electrons. The standard InChI is InChI=1S/C18H21N/c1-12-9-13(2)16-11-17(14(3)19-18(16)10-12)15-7-5-4-6-8-15/h7,9-11H,4-6,8H2,1-3H3. The first-order valence-corrected chi connectivity index (χ1v) is 7.23. The van der Waals surface area contributed by atoms with Gasteiger partial charge in [0.25, 0.3) is 0 Å². The molecular weight excluding hydrogens is 230 g/mol. The van der Waals surface area contributed by atoms with Crippen molar-refractivity contribution in [2.75, 3.05) is 0 Å². The summed E-state index contributed by atoms with van der Waals surface area (Å²) in [5.41, 5.74) is 7.79. The van der Waals surface area contributed by atoms with Crippen LogP contribution in [0.5, 0.6) is 0 Å². The molecule has 0 unspecified atom stereocenters. The number of benzene rings is 1. The second kappa shape index (κ2) is 4.80. The second-order valence-electron chi connectivity index (χ2n) is 5.74. The third kappa shape index (κ3) is 2.30. The molecule has 0 saturated heterocycles. The van der Waals surface area contributed by atoms with E-state index in [4.69, 9.17) is 4.98 Å². The lowest BCUT2D eigenvalue weighted by Gasteiger charge is -2.16. The Morgan fingerprint density at radius 1 is 1.00 bits per heavy atom. The van der Waals surface area contributed by atoms with Gasteiger partial charge in [0.1, 0.15) is 0 Å². The van der Waals surface area contributed by atoms with Gasteiger partial charge in [-0.3, -0.25) is 4.98 Å². The molecule has 2 aromatic rings. The van der Waals surface area contributed by atoms with Gasteiger partial charge in [0.05, 0.1) is 5.52 Å². The van der Waals surface area contributed by atoms with Crippen molar-refractivity contribution < 1.29 is 0 Å². The summed E-state index contributed by atoms with van der Waals surface area (Å²) < 4.78 is 0. The molecule has 1 nitrogen and oxygen atoms in total. The fraction of sp³-hybridized carbons (Fsp3) is 0.389. The average Bonchev–Trinajstić information content (AvgIpc) is 2.38. The highest BCUT2D eigenvalue weighted by molar-refractivity contribution is 5.87. The molecule has 0 saturated carbocycles. The van der Waals surface area contributed by atoms with Crippen molar-refractivity contribution in [3.05, 3.63) is 46.7 Å². The topological polar surface area (TPSA) is 12.9 Å². The Balaban J connectivity index is 2.21. The molecule has 0 N–H and O–H groups in total. The Morgan fingerprint density at radius 3 is 2.58 bits per heavy atom. The summed E-state index contributed by atoms with van der Waals surface area (Å²) in [6.45, 7) is 6.47. The van der Waals surface area contributed by atoms with Crippen molar-refractivity contribution in [3.63, 3.8) is 0 Å². The second-order valence-corrected chi connectivity index (χ2v) is 5.74. The normalized spacial score (nSPS) is 15.6. The number of hydrogen-bond acceptors (Lipinski definition) is 1. The smallest absolute Gasteiger partial charge is 0.0710 e. The number of aromatic nitrogens is 1. The van der Waals surface area contributed by atoms with Crippen LogP contribution in [-0.4, -0.2) is 4.98 Å². The predicted octanol–water partition coefficient (Wildman–Crippen LogP) is 5.12. The van der Waals surface area contributed by atoms with Gasteiger partial charge in [-0.05, 0) is 80.9 Å². The Hall–Kier alpha value is -1.63. The van der Waals surface area contributed by atoms with E-state index in [1.165, 1.54) is 59.0 Å². The monoisotopic (exact) mass is 251 g/mol. The van der Waals surface area contributed by atoms with Crippen LogP contribution >= 0.6 is 0 Å². The molecule has 1 heterocycles. The van der Waals surface area contributed by atoms with Crippen LogP contribution in [0.25, 0.3) is 16.5 Å². The van der Waals surface area contributed by atoms with Crippen molar-refractivity contribution in [1.82, 2.24) is 4.98 Å². The third-order valence-electron chi connectivity index (χ3n) is 4.11. The van der Waals surface area contributed by atoms with Crippen molar-refractivity contribution in [1.29, 1.82) is 0 Å². The van der Waals surface area contributed by atoms with Gasteiger partial charge < -0.3 is 0 Å². The first-order valence-electron chi connectivity index (χ1n) is 7.23. The van der Waals surface area contributed by atoms with Crippen LogP contribution in [0.3, 0.4) is 0 Å². The largest absolute Gasteiger partial charge is 0.252 e. The maximum absolute atomic E-state index is 4.83. The molecule has 1 aromatic heterocycles. The molecule has 0 fully saturated rings. The van der Waals surface area contributed by atoms with Crippen LogP contribution in [0, 0.1) is 20.8 Å². The van der Waals surface area contributed by atoms with E-state index in [1.54, 1.807) is 0 Å². The number of hydrogen-bond donors (Lipinski definition) is 0. The molecule has 0 amide bonds. The van der Waals surface area contributed by atoms with Crippen molar-refractivity contribution in [3.8, 4) is 0 Å². The maximum Gasteiger partial charge on any atom is 0.0710 e. The van der Waals surface area contributed by atoms with Crippen molar-refractivity contribution in [2.24, 2.45) is 0 Å². The number of fused-ring (bicyclic) bond motifs is 1. The summed E-state index contributed by atoms with van der Waals surface area (Å²) in [5.74, 6) is 0. The summed E-state index contributed by atoms with van der Waals surface area (Å²) in [6, 6.07) is 6.79. The van der Waals surface area contributed by atoms with E-state index in [1.807, 2.05) is 0 Å². The lowest BCUT2D eigenvalue weighted by molar-refractivity contribution is 0.741. The van der Waals surface area contributed by atoms with Crippen molar-refractivity contribution in [2.45, 2.75) is 46.5 Å². The Kier molecular flexibility index (Phi) is 3.14. The zero-order valence-electron chi connectivity index (χ0n) is 12.1. The molecule has 1 aliphatic rings. The van der Waals surface area contributed by atoms with Crippen LogP contribution in [0.1, 0.15) is 48.1 Å². The highest BCUT2D eigenvalue weighted by Gasteiger charge is 2.12. The Labute approximate surface area is 115 Å². The molecule has 0 atom stereocenters. The van der Waals surface area contributed by atoms with E-state index in [9.17, 15) is 0 Å². The average molecular weight is 251 g/mol. The summed E-state index contributed by atoms with van der Waals surface area (Å²) in [4.78, 5) is 4.83. The van der Waals surface area contributed by atoms with Gasteiger partial charge in [0, 0.05) is 11.1 Å². The maximum atomic E-state index is 4.83. The van der Waals surface area contributed by atoms with E-state index >= 15 is 0 Å². The molecule has 0 bridgehead atoms. The fourth-order valence-electron chi connectivity index (χ4n) is 3.13. The van der Waals surface area contributed by atoms with Crippen LogP contribution < -0.4 is 0 Å². The van der Waals surface area contributed by atoms with E-state index < -0.39 is 0 Å². The van der Waals surface area contributed by atoms with E-state index in [-0.39, 0.29) is 0 Å². The molecule has 1 aromatic carbocycles. The van der Waals surface area contributed by atoms with Gasteiger partial charge in [-0.2, -0.15) is 0 Å². The lowest BCUT2D eigenvalue weighted by atomic mass is 9.91. The van der Waals surface area contributed by atoms with Crippen LogP contribution in [0.2, 0.25) is 0 Å². The number of aryl methyl sites for hydroxylation is 3. The first kappa shape index (κ1) is 12.4. The number of rotatable bonds is 1. The van der Waals surface area contributed by atoms with Crippen LogP contribution in [0.4, 0.5) is 0 Å².